The molecule has 0 aromatic heterocycles. The average Bonchev–Trinajstić information content (AvgIpc) is 2.40. The third kappa shape index (κ3) is 3.96. The van der Waals surface area contributed by atoms with Gasteiger partial charge in [-0.3, -0.25) is 4.79 Å². The highest BCUT2D eigenvalue weighted by Crippen LogP contribution is 2.27. The van der Waals surface area contributed by atoms with Gasteiger partial charge in [0.25, 0.3) is 5.91 Å². The molecular formula is C15H24N2O2. The molecule has 19 heavy (non-hydrogen) atoms. The molecule has 1 amide bonds. The zero-order chi connectivity index (χ0) is 14.4. The zero-order valence-corrected chi connectivity index (χ0v) is 12.4. The van der Waals surface area contributed by atoms with Crippen LogP contribution in [0.15, 0.2) is 24.3 Å². The molecule has 0 aliphatic carbocycles. The second-order valence-electron chi connectivity index (χ2n) is 4.78. The number of nitrogens with one attached hydrogen (secondary N) is 1. The van der Waals surface area contributed by atoms with Crippen molar-refractivity contribution in [2.24, 2.45) is 0 Å². The summed E-state index contributed by atoms with van der Waals surface area (Å²) in [6, 6.07) is 8.09. The summed E-state index contributed by atoms with van der Waals surface area (Å²) in [4.78, 5) is 13.4. The quantitative estimate of drug-likeness (QED) is 0.856. The molecule has 0 aliphatic heterocycles. The molecular weight excluding hydrogens is 240 g/mol. The summed E-state index contributed by atoms with van der Waals surface area (Å²) in [6.45, 7) is 3.89. The van der Waals surface area contributed by atoms with E-state index in [0.717, 1.165) is 17.7 Å². The van der Waals surface area contributed by atoms with Crippen molar-refractivity contribution < 1.29 is 9.53 Å². The van der Waals surface area contributed by atoms with Crippen molar-refractivity contribution in [1.29, 1.82) is 0 Å². The number of hydrogen-bond donors (Lipinski definition) is 1. The van der Waals surface area contributed by atoms with Gasteiger partial charge in [0, 0.05) is 25.7 Å². The van der Waals surface area contributed by atoms with E-state index in [4.69, 9.17) is 4.74 Å². The summed E-state index contributed by atoms with van der Waals surface area (Å²) in [5.74, 6) is 0.735. The topological polar surface area (TPSA) is 41.6 Å². The van der Waals surface area contributed by atoms with Crippen molar-refractivity contribution in [3.05, 3.63) is 29.8 Å². The van der Waals surface area contributed by atoms with Crippen LogP contribution in [0, 0.1) is 0 Å². The van der Waals surface area contributed by atoms with Crippen LogP contribution in [0.1, 0.15) is 31.9 Å². The second kappa shape index (κ2) is 7.14. The number of likely N-dealkylation sites (N-methyl/N-ethyl adjacent to an activating group) is 1. The smallest absolute Gasteiger partial charge is 0.262 e. The van der Waals surface area contributed by atoms with Gasteiger partial charge in [-0.15, -0.1) is 0 Å². The summed E-state index contributed by atoms with van der Waals surface area (Å²) < 4.78 is 5.82. The first-order chi connectivity index (χ1) is 9.01. The molecule has 1 N–H and O–H groups in total. The van der Waals surface area contributed by atoms with Crippen LogP contribution in [0.25, 0.3) is 0 Å². The second-order valence-corrected chi connectivity index (χ2v) is 4.78. The molecule has 1 rings (SSSR count). The fourth-order valence-corrected chi connectivity index (χ4v) is 2.06. The number of carbonyl (C=O) groups excluding carboxylic acids is 1. The highest BCUT2D eigenvalue weighted by Gasteiger charge is 2.19. The first-order valence-electron chi connectivity index (χ1n) is 6.65. The number of amides is 1. The van der Waals surface area contributed by atoms with Crippen molar-refractivity contribution in [1.82, 2.24) is 10.2 Å². The predicted molar refractivity (Wildman–Crippen MR) is 77.3 cm³/mol. The standard InChI is InChI=1S/C15H24N2O2/c1-6-13(16-3)12-9-7-8-10-14(12)19-11(2)15(18)17(4)5/h7-11,13,16H,6H2,1-5H3. The van der Waals surface area contributed by atoms with E-state index in [2.05, 4.69) is 12.2 Å². The van der Waals surface area contributed by atoms with Gasteiger partial charge in [-0.05, 0) is 26.5 Å². The molecule has 0 aliphatic rings. The summed E-state index contributed by atoms with van der Waals surface area (Å²) >= 11 is 0. The van der Waals surface area contributed by atoms with Gasteiger partial charge >= 0.3 is 0 Å². The Morgan fingerprint density at radius 2 is 2.00 bits per heavy atom. The molecule has 0 radical (unpaired) electrons. The molecule has 0 fully saturated rings. The lowest BCUT2D eigenvalue weighted by molar-refractivity contribution is -0.135. The van der Waals surface area contributed by atoms with Crippen LogP contribution in [-0.2, 0) is 4.79 Å². The molecule has 0 bridgehead atoms. The number of nitrogens with zero attached hydrogens (tertiary/aromatic N) is 1. The highest BCUT2D eigenvalue weighted by atomic mass is 16.5. The number of carbonyl (C=O) groups is 1. The van der Waals surface area contributed by atoms with Crippen LogP contribution in [-0.4, -0.2) is 38.1 Å². The van der Waals surface area contributed by atoms with Crippen LogP contribution in [0.4, 0.5) is 0 Å². The van der Waals surface area contributed by atoms with Crippen LogP contribution in [0.3, 0.4) is 0 Å². The Hall–Kier alpha value is -1.55. The maximum absolute atomic E-state index is 11.9. The summed E-state index contributed by atoms with van der Waals surface area (Å²) in [5.41, 5.74) is 1.09. The van der Waals surface area contributed by atoms with Crippen LogP contribution in [0.5, 0.6) is 5.75 Å². The van der Waals surface area contributed by atoms with Gasteiger partial charge in [0.15, 0.2) is 6.10 Å². The minimum absolute atomic E-state index is 0.0349. The van der Waals surface area contributed by atoms with Crippen LogP contribution >= 0.6 is 0 Å². The van der Waals surface area contributed by atoms with Crippen molar-refractivity contribution in [2.75, 3.05) is 21.1 Å². The van der Waals surface area contributed by atoms with Gasteiger partial charge in [-0.2, -0.15) is 0 Å². The Labute approximate surface area is 115 Å². The molecule has 106 valence electrons. The SMILES string of the molecule is CCC(NC)c1ccccc1OC(C)C(=O)N(C)C. The largest absolute Gasteiger partial charge is 0.481 e. The molecule has 1 aromatic carbocycles. The van der Waals surface area contributed by atoms with Crippen molar-refractivity contribution in [3.63, 3.8) is 0 Å². The first-order valence-corrected chi connectivity index (χ1v) is 6.65. The van der Waals surface area contributed by atoms with Crippen molar-refractivity contribution in [3.8, 4) is 5.75 Å². The van der Waals surface area contributed by atoms with Gasteiger partial charge in [0.2, 0.25) is 0 Å². The average molecular weight is 264 g/mol. The Morgan fingerprint density at radius 1 is 1.37 bits per heavy atom. The fraction of sp³-hybridized carbons (Fsp3) is 0.533. The van der Waals surface area contributed by atoms with E-state index in [1.54, 1.807) is 25.9 Å². The molecule has 0 saturated heterocycles. The predicted octanol–water partition coefficient (Wildman–Crippen LogP) is 2.21. The highest BCUT2D eigenvalue weighted by molar-refractivity contribution is 5.80. The lowest BCUT2D eigenvalue weighted by atomic mass is 10.0. The molecule has 4 nitrogen and oxygen atoms in total. The molecule has 1 aromatic rings. The number of rotatable bonds is 6. The Bertz CT molecular complexity index is 414. The zero-order valence-electron chi connectivity index (χ0n) is 12.4. The van der Waals surface area contributed by atoms with E-state index < -0.39 is 6.10 Å². The maximum Gasteiger partial charge on any atom is 0.262 e. The number of benzene rings is 1. The first kappa shape index (κ1) is 15.5. The normalized spacial score (nSPS) is 13.7. The summed E-state index contributed by atoms with van der Waals surface area (Å²) in [5, 5.41) is 3.26. The molecule has 0 saturated carbocycles. The Morgan fingerprint density at radius 3 is 2.53 bits per heavy atom. The van der Waals surface area contributed by atoms with E-state index in [9.17, 15) is 4.79 Å². The van der Waals surface area contributed by atoms with Crippen molar-refractivity contribution in [2.45, 2.75) is 32.4 Å². The number of hydrogen-bond acceptors (Lipinski definition) is 3. The van der Waals surface area contributed by atoms with E-state index >= 15 is 0 Å². The van der Waals surface area contributed by atoms with Gasteiger partial charge in [0.1, 0.15) is 5.75 Å². The van der Waals surface area contributed by atoms with E-state index in [-0.39, 0.29) is 11.9 Å². The third-order valence-electron chi connectivity index (χ3n) is 3.14. The lowest BCUT2D eigenvalue weighted by Gasteiger charge is -2.22. The molecule has 0 spiro atoms. The van der Waals surface area contributed by atoms with Gasteiger partial charge in [-0.1, -0.05) is 25.1 Å². The fourth-order valence-electron chi connectivity index (χ4n) is 2.06. The van der Waals surface area contributed by atoms with E-state index in [1.165, 1.54) is 0 Å². The van der Waals surface area contributed by atoms with Gasteiger partial charge in [0.05, 0.1) is 0 Å². The number of para-hydroxylation sites is 1. The Balaban J connectivity index is 2.92. The van der Waals surface area contributed by atoms with Crippen LogP contribution in [0.2, 0.25) is 0 Å². The lowest BCUT2D eigenvalue weighted by Crippen LogP contribution is -2.35. The van der Waals surface area contributed by atoms with Crippen LogP contribution < -0.4 is 10.1 Å². The van der Waals surface area contributed by atoms with E-state index in [0.29, 0.717) is 0 Å². The minimum atomic E-state index is -0.481. The summed E-state index contributed by atoms with van der Waals surface area (Å²) in [6.07, 6.45) is 0.484. The number of ether oxygens (including phenoxy) is 1. The third-order valence-corrected chi connectivity index (χ3v) is 3.14. The van der Waals surface area contributed by atoms with Gasteiger partial charge < -0.3 is 15.0 Å². The van der Waals surface area contributed by atoms with E-state index in [1.807, 2.05) is 31.3 Å². The molecule has 4 heteroatoms. The monoisotopic (exact) mass is 264 g/mol. The van der Waals surface area contributed by atoms with Gasteiger partial charge in [-0.25, -0.2) is 0 Å². The molecule has 0 heterocycles. The Kier molecular flexibility index (Phi) is 5.83. The molecule has 2 atom stereocenters. The molecule has 2 unspecified atom stereocenters. The van der Waals surface area contributed by atoms with Crippen molar-refractivity contribution >= 4 is 5.91 Å². The maximum atomic E-state index is 11.9. The minimum Gasteiger partial charge on any atom is -0.481 e. The summed E-state index contributed by atoms with van der Waals surface area (Å²) in [7, 11) is 5.40.